The minimum absolute atomic E-state index is 0.538. The van der Waals surface area contributed by atoms with Gasteiger partial charge in [-0.05, 0) is 12.8 Å². The molecule has 2 rings (SSSR count). The molecule has 1 aliphatic rings. The van der Waals surface area contributed by atoms with Crippen LogP contribution in [0.3, 0.4) is 0 Å². The predicted molar refractivity (Wildman–Crippen MR) is 73.7 cm³/mol. The Hall–Kier alpha value is -0.900. The van der Waals surface area contributed by atoms with E-state index in [2.05, 4.69) is 24.3 Å². The fourth-order valence-corrected chi connectivity index (χ4v) is 2.66. The van der Waals surface area contributed by atoms with Crippen molar-refractivity contribution in [3.8, 4) is 0 Å². The summed E-state index contributed by atoms with van der Waals surface area (Å²) in [5.74, 6) is 2.80. The summed E-state index contributed by atoms with van der Waals surface area (Å²) >= 11 is 0. The first-order valence-electron chi connectivity index (χ1n) is 7.30. The molecule has 1 N–H and O–H groups in total. The first-order valence-corrected chi connectivity index (χ1v) is 7.30. The van der Waals surface area contributed by atoms with Crippen molar-refractivity contribution >= 4 is 0 Å². The summed E-state index contributed by atoms with van der Waals surface area (Å²) in [5.41, 5.74) is 0. The Labute approximate surface area is 110 Å². The van der Waals surface area contributed by atoms with Crippen LogP contribution >= 0.6 is 0 Å². The molecule has 0 saturated heterocycles. The third-order valence-corrected chi connectivity index (χ3v) is 3.74. The zero-order valence-corrected chi connectivity index (χ0v) is 11.9. The molecule has 18 heavy (non-hydrogen) atoms. The lowest BCUT2D eigenvalue weighted by Gasteiger charge is -2.18. The molecule has 1 aromatic heterocycles. The van der Waals surface area contributed by atoms with Gasteiger partial charge < -0.3 is 5.32 Å². The van der Waals surface area contributed by atoms with Gasteiger partial charge in [0, 0.05) is 32.0 Å². The second-order valence-corrected chi connectivity index (χ2v) is 5.70. The quantitative estimate of drug-likeness (QED) is 0.872. The first-order chi connectivity index (χ1) is 8.66. The number of aryl methyl sites for hydroxylation is 1. The number of hydrogen-bond acceptors (Lipinski definition) is 3. The molecule has 0 bridgehead atoms. The van der Waals surface area contributed by atoms with Gasteiger partial charge in [-0.1, -0.05) is 33.1 Å². The van der Waals surface area contributed by atoms with Crippen molar-refractivity contribution in [2.75, 3.05) is 6.54 Å². The van der Waals surface area contributed by atoms with Crippen molar-refractivity contribution in [3.63, 3.8) is 0 Å². The smallest absolute Gasteiger partial charge is 0.154 e. The highest BCUT2D eigenvalue weighted by Crippen LogP contribution is 2.30. The Balaban J connectivity index is 1.93. The summed E-state index contributed by atoms with van der Waals surface area (Å²) in [6.45, 7) is 5.32. The van der Waals surface area contributed by atoms with Crippen LogP contribution in [0.4, 0.5) is 0 Å². The van der Waals surface area contributed by atoms with Gasteiger partial charge in [-0.25, -0.2) is 4.98 Å². The number of hydrogen-bond donors (Lipinski definition) is 1. The van der Waals surface area contributed by atoms with E-state index >= 15 is 0 Å². The highest BCUT2D eigenvalue weighted by Gasteiger charge is 2.20. The Morgan fingerprint density at radius 3 is 2.67 bits per heavy atom. The van der Waals surface area contributed by atoms with E-state index in [-0.39, 0.29) is 0 Å². The van der Waals surface area contributed by atoms with Crippen molar-refractivity contribution in [2.45, 2.75) is 64.3 Å². The molecule has 1 aliphatic carbocycles. The van der Waals surface area contributed by atoms with E-state index in [1.807, 2.05) is 11.7 Å². The number of nitrogens with zero attached hydrogens (tertiary/aromatic N) is 3. The predicted octanol–water partition coefficient (Wildman–Crippen LogP) is 2.40. The molecule has 1 heterocycles. The van der Waals surface area contributed by atoms with E-state index in [1.165, 1.54) is 32.1 Å². The maximum Gasteiger partial charge on any atom is 0.154 e. The molecule has 0 radical (unpaired) electrons. The topological polar surface area (TPSA) is 42.7 Å². The Kier molecular flexibility index (Phi) is 4.75. The fraction of sp³-hybridized carbons (Fsp3) is 0.857. The maximum absolute atomic E-state index is 4.74. The van der Waals surface area contributed by atoms with E-state index in [0.29, 0.717) is 12.0 Å². The Bertz CT molecular complexity index is 364. The average molecular weight is 250 g/mol. The van der Waals surface area contributed by atoms with Gasteiger partial charge in [0.2, 0.25) is 0 Å². The molecule has 4 heteroatoms. The largest absolute Gasteiger partial charge is 0.314 e. The minimum Gasteiger partial charge on any atom is -0.314 e. The van der Waals surface area contributed by atoms with Gasteiger partial charge in [0.15, 0.2) is 5.82 Å². The van der Waals surface area contributed by atoms with Crippen molar-refractivity contribution < 1.29 is 0 Å². The van der Waals surface area contributed by atoms with Gasteiger partial charge in [0.05, 0.1) is 0 Å². The summed E-state index contributed by atoms with van der Waals surface area (Å²) in [4.78, 5) is 4.74. The monoisotopic (exact) mass is 250 g/mol. The standard InChI is InChI=1S/C14H26N4/c1-11(2)15-10-9-13-16-14(17-18(13)3)12-7-5-4-6-8-12/h11-12,15H,4-10H2,1-3H3. The van der Waals surface area contributed by atoms with Crippen LogP contribution in [0.2, 0.25) is 0 Å². The summed E-state index contributed by atoms with van der Waals surface area (Å²) in [6, 6.07) is 0.538. The van der Waals surface area contributed by atoms with Crippen LogP contribution in [0.5, 0.6) is 0 Å². The lowest BCUT2D eigenvalue weighted by atomic mass is 9.89. The SMILES string of the molecule is CC(C)NCCc1nc(C2CCCCC2)nn1C. The molecule has 4 nitrogen and oxygen atoms in total. The third-order valence-electron chi connectivity index (χ3n) is 3.74. The van der Waals surface area contributed by atoms with E-state index in [1.54, 1.807) is 0 Å². The molecule has 0 aliphatic heterocycles. The van der Waals surface area contributed by atoms with E-state index in [4.69, 9.17) is 4.98 Å². The summed E-state index contributed by atoms with van der Waals surface area (Å²) in [7, 11) is 2.02. The van der Waals surface area contributed by atoms with Gasteiger partial charge in [0.1, 0.15) is 5.82 Å². The van der Waals surface area contributed by atoms with Crippen LogP contribution in [0.15, 0.2) is 0 Å². The van der Waals surface area contributed by atoms with Crippen LogP contribution in [0, 0.1) is 0 Å². The van der Waals surface area contributed by atoms with E-state index in [9.17, 15) is 0 Å². The van der Waals surface area contributed by atoms with Crippen molar-refractivity contribution in [1.82, 2.24) is 20.1 Å². The van der Waals surface area contributed by atoms with Crippen molar-refractivity contribution in [1.29, 1.82) is 0 Å². The molecule has 0 amide bonds. The third kappa shape index (κ3) is 3.55. The molecule has 102 valence electrons. The molecule has 1 saturated carbocycles. The molecule has 1 fully saturated rings. The van der Waals surface area contributed by atoms with Crippen LogP contribution in [0.25, 0.3) is 0 Å². The lowest BCUT2D eigenvalue weighted by molar-refractivity contribution is 0.427. The van der Waals surface area contributed by atoms with Crippen molar-refractivity contribution in [2.24, 2.45) is 7.05 Å². The summed E-state index contributed by atoms with van der Waals surface area (Å²) in [6.07, 6.45) is 7.57. The van der Waals surface area contributed by atoms with E-state index in [0.717, 1.165) is 24.6 Å². The van der Waals surface area contributed by atoms with Gasteiger partial charge in [-0.3, -0.25) is 4.68 Å². The average Bonchev–Trinajstić information content (AvgIpc) is 2.72. The van der Waals surface area contributed by atoms with Crippen LogP contribution < -0.4 is 5.32 Å². The maximum atomic E-state index is 4.74. The number of rotatable bonds is 5. The number of aromatic nitrogens is 3. The molecular weight excluding hydrogens is 224 g/mol. The van der Waals surface area contributed by atoms with Gasteiger partial charge in [0.25, 0.3) is 0 Å². The van der Waals surface area contributed by atoms with Crippen molar-refractivity contribution in [3.05, 3.63) is 11.6 Å². The molecule has 0 atom stereocenters. The normalized spacial score (nSPS) is 17.6. The highest BCUT2D eigenvalue weighted by atomic mass is 15.3. The Morgan fingerprint density at radius 1 is 1.28 bits per heavy atom. The molecule has 0 spiro atoms. The second-order valence-electron chi connectivity index (χ2n) is 5.70. The summed E-state index contributed by atoms with van der Waals surface area (Å²) in [5, 5.41) is 8.04. The van der Waals surface area contributed by atoms with Gasteiger partial charge >= 0.3 is 0 Å². The first kappa shape index (κ1) is 13.5. The zero-order chi connectivity index (χ0) is 13.0. The molecular formula is C14H26N4. The second kappa shape index (κ2) is 6.32. The fourth-order valence-electron chi connectivity index (χ4n) is 2.66. The van der Waals surface area contributed by atoms with Crippen LogP contribution in [-0.4, -0.2) is 27.4 Å². The lowest BCUT2D eigenvalue weighted by Crippen LogP contribution is -2.25. The van der Waals surface area contributed by atoms with Gasteiger partial charge in [-0.15, -0.1) is 0 Å². The molecule has 0 aromatic carbocycles. The summed E-state index contributed by atoms with van der Waals surface area (Å²) < 4.78 is 1.96. The van der Waals surface area contributed by atoms with Crippen LogP contribution in [-0.2, 0) is 13.5 Å². The van der Waals surface area contributed by atoms with E-state index < -0.39 is 0 Å². The highest BCUT2D eigenvalue weighted by molar-refractivity contribution is 5.01. The van der Waals surface area contributed by atoms with Crippen LogP contribution in [0.1, 0.15) is 63.5 Å². The minimum atomic E-state index is 0.538. The Morgan fingerprint density at radius 2 is 2.00 bits per heavy atom. The molecule has 0 unspecified atom stereocenters. The zero-order valence-electron chi connectivity index (χ0n) is 11.9. The molecule has 1 aromatic rings. The number of nitrogens with one attached hydrogen (secondary N) is 1. The van der Waals surface area contributed by atoms with Gasteiger partial charge in [-0.2, -0.15) is 5.10 Å².